The second kappa shape index (κ2) is 4.97. The predicted octanol–water partition coefficient (Wildman–Crippen LogP) is 0.485. The normalized spacial score (nSPS) is 13.2. The van der Waals surface area contributed by atoms with Crippen LogP contribution < -0.4 is 10.6 Å². The van der Waals surface area contributed by atoms with E-state index in [0.29, 0.717) is 0 Å². The first-order valence-electron chi connectivity index (χ1n) is 4.37. The zero-order valence-electron chi connectivity index (χ0n) is 7.99. The molecule has 0 bridgehead atoms. The Morgan fingerprint density at radius 3 is 2.08 bits per heavy atom. The minimum absolute atomic E-state index is 0.109. The van der Waals surface area contributed by atoms with Gasteiger partial charge in [-0.05, 0) is 19.7 Å². The van der Waals surface area contributed by atoms with Gasteiger partial charge < -0.3 is 15.7 Å². The number of nitrogens with one attached hydrogen (secondary N) is 2. The smallest absolute Gasteiger partial charge is 0.107 e. The van der Waals surface area contributed by atoms with Gasteiger partial charge in [0.1, 0.15) is 6.10 Å². The van der Waals surface area contributed by atoms with Gasteiger partial charge in [0.05, 0.1) is 6.17 Å². The van der Waals surface area contributed by atoms with E-state index >= 15 is 0 Å². The van der Waals surface area contributed by atoms with Gasteiger partial charge in [-0.25, -0.2) is 0 Å². The van der Waals surface area contributed by atoms with E-state index in [-0.39, 0.29) is 6.17 Å². The molecule has 3 nitrogen and oxygen atoms in total. The third-order valence-electron chi connectivity index (χ3n) is 2.08. The molecule has 1 unspecified atom stereocenters. The molecule has 1 atom stereocenters. The van der Waals surface area contributed by atoms with Crippen LogP contribution in [0.15, 0.2) is 30.3 Å². The number of rotatable bonds is 4. The molecule has 0 amide bonds. The Balaban J connectivity index is 2.72. The molecule has 0 heterocycles. The summed E-state index contributed by atoms with van der Waals surface area (Å²) in [6.45, 7) is 0. The van der Waals surface area contributed by atoms with E-state index < -0.39 is 6.10 Å². The maximum atomic E-state index is 9.86. The molecule has 0 fully saturated rings. The maximum absolute atomic E-state index is 9.86. The standard InChI is InChI=1S/C10H16N2O/c1-11-10(12-2)9(13)8-6-4-3-5-7-8/h3-7,9-13H,1-2H3. The van der Waals surface area contributed by atoms with Crippen LogP contribution in [0, 0.1) is 0 Å². The molecule has 0 aliphatic heterocycles. The van der Waals surface area contributed by atoms with Crippen LogP contribution in [-0.4, -0.2) is 25.4 Å². The lowest BCUT2D eigenvalue weighted by molar-refractivity contribution is 0.120. The Labute approximate surface area is 78.8 Å². The highest BCUT2D eigenvalue weighted by molar-refractivity contribution is 5.18. The van der Waals surface area contributed by atoms with Crippen molar-refractivity contribution in [3.05, 3.63) is 35.9 Å². The third kappa shape index (κ3) is 2.52. The summed E-state index contributed by atoms with van der Waals surface area (Å²) in [5.74, 6) is 0. The van der Waals surface area contributed by atoms with Gasteiger partial charge in [-0.1, -0.05) is 30.3 Å². The number of hydrogen-bond donors (Lipinski definition) is 3. The number of aliphatic hydroxyl groups is 1. The van der Waals surface area contributed by atoms with Crippen molar-refractivity contribution in [2.24, 2.45) is 0 Å². The van der Waals surface area contributed by atoms with E-state index in [1.54, 1.807) is 0 Å². The number of aliphatic hydroxyl groups excluding tert-OH is 1. The van der Waals surface area contributed by atoms with Crippen molar-refractivity contribution in [3.63, 3.8) is 0 Å². The summed E-state index contributed by atoms with van der Waals surface area (Å²) in [6.07, 6.45) is -0.626. The van der Waals surface area contributed by atoms with Crippen LogP contribution >= 0.6 is 0 Å². The summed E-state index contributed by atoms with van der Waals surface area (Å²) in [5, 5.41) is 15.8. The Kier molecular flexibility index (Phi) is 3.89. The lowest BCUT2D eigenvalue weighted by atomic mass is 10.1. The van der Waals surface area contributed by atoms with Crippen LogP contribution in [0.3, 0.4) is 0 Å². The summed E-state index contributed by atoms with van der Waals surface area (Å²) in [6, 6.07) is 9.59. The molecule has 72 valence electrons. The van der Waals surface area contributed by atoms with Crippen LogP contribution in [0.1, 0.15) is 11.7 Å². The van der Waals surface area contributed by atoms with Crippen molar-refractivity contribution in [2.75, 3.05) is 14.1 Å². The number of likely N-dealkylation sites (N-methyl/N-ethyl adjacent to an activating group) is 2. The van der Waals surface area contributed by atoms with Crippen LogP contribution in [-0.2, 0) is 0 Å². The fourth-order valence-electron chi connectivity index (χ4n) is 1.30. The molecule has 3 N–H and O–H groups in total. The predicted molar refractivity (Wildman–Crippen MR) is 53.3 cm³/mol. The van der Waals surface area contributed by atoms with Gasteiger partial charge in [0.2, 0.25) is 0 Å². The lowest BCUT2D eigenvalue weighted by Gasteiger charge is -2.21. The minimum atomic E-state index is -0.517. The fourth-order valence-corrected chi connectivity index (χ4v) is 1.30. The second-order valence-corrected chi connectivity index (χ2v) is 2.91. The largest absolute Gasteiger partial charge is 0.385 e. The van der Waals surface area contributed by atoms with Crippen LogP contribution in [0.25, 0.3) is 0 Å². The van der Waals surface area contributed by atoms with Crippen molar-refractivity contribution in [1.29, 1.82) is 0 Å². The quantitative estimate of drug-likeness (QED) is 0.591. The minimum Gasteiger partial charge on any atom is -0.385 e. The van der Waals surface area contributed by atoms with Gasteiger partial charge >= 0.3 is 0 Å². The van der Waals surface area contributed by atoms with Gasteiger partial charge in [0.25, 0.3) is 0 Å². The van der Waals surface area contributed by atoms with Crippen molar-refractivity contribution in [2.45, 2.75) is 12.3 Å². The molecule has 0 saturated carbocycles. The molecular weight excluding hydrogens is 164 g/mol. The van der Waals surface area contributed by atoms with Crippen LogP contribution in [0.4, 0.5) is 0 Å². The summed E-state index contributed by atoms with van der Waals surface area (Å²) in [7, 11) is 3.63. The molecule has 0 radical (unpaired) electrons. The zero-order chi connectivity index (χ0) is 9.68. The monoisotopic (exact) mass is 180 g/mol. The molecule has 0 aliphatic carbocycles. The average Bonchev–Trinajstić information content (AvgIpc) is 2.21. The third-order valence-corrected chi connectivity index (χ3v) is 2.08. The molecular formula is C10H16N2O. The second-order valence-electron chi connectivity index (χ2n) is 2.91. The molecule has 1 rings (SSSR count). The Hall–Kier alpha value is -0.900. The van der Waals surface area contributed by atoms with E-state index in [2.05, 4.69) is 10.6 Å². The highest BCUT2D eigenvalue weighted by atomic mass is 16.3. The molecule has 3 heteroatoms. The first kappa shape index (κ1) is 10.2. The van der Waals surface area contributed by atoms with Crippen LogP contribution in [0.5, 0.6) is 0 Å². The highest BCUT2D eigenvalue weighted by Gasteiger charge is 2.16. The van der Waals surface area contributed by atoms with Gasteiger partial charge in [-0.2, -0.15) is 0 Å². The molecule has 1 aromatic rings. The Bertz CT molecular complexity index is 234. The lowest BCUT2D eigenvalue weighted by Crippen LogP contribution is -2.42. The van der Waals surface area contributed by atoms with E-state index in [0.717, 1.165) is 5.56 Å². The molecule has 0 saturated heterocycles. The highest BCUT2D eigenvalue weighted by Crippen LogP contribution is 2.13. The molecule has 0 spiro atoms. The summed E-state index contributed by atoms with van der Waals surface area (Å²) in [4.78, 5) is 0. The fraction of sp³-hybridized carbons (Fsp3) is 0.400. The van der Waals surface area contributed by atoms with Gasteiger partial charge in [0, 0.05) is 0 Å². The average molecular weight is 180 g/mol. The first-order valence-corrected chi connectivity index (χ1v) is 4.37. The Morgan fingerprint density at radius 2 is 1.62 bits per heavy atom. The van der Waals surface area contributed by atoms with E-state index in [4.69, 9.17) is 0 Å². The number of benzene rings is 1. The topological polar surface area (TPSA) is 44.3 Å². The van der Waals surface area contributed by atoms with Crippen molar-refractivity contribution < 1.29 is 5.11 Å². The van der Waals surface area contributed by atoms with E-state index in [1.165, 1.54) is 0 Å². The van der Waals surface area contributed by atoms with E-state index in [9.17, 15) is 5.11 Å². The van der Waals surface area contributed by atoms with Gasteiger partial charge in [-0.15, -0.1) is 0 Å². The molecule has 0 aromatic heterocycles. The van der Waals surface area contributed by atoms with Crippen molar-refractivity contribution in [3.8, 4) is 0 Å². The zero-order valence-corrected chi connectivity index (χ0v) is 7.99. The van der Waals surface area contributed by atoms with Crippen molar-refractivity contribution in [1.82, 2.24) is 10.6 Å². The molecule has 13 heavy (non-hydrogen) atoms. The summed E-state index contributed by atoms with van der Waals surface area (Å²) in [5.41, 5.74) is 0.913. The van der Waals surface area contributed by atoms with E-state index in [1.807, 2.05) is 44.4 Å². The SMILES string of the molecule is CNC(NC)C(O)c1ccccc1. The van der Waals surface area contributed by atoms with Gasteiger partial charge in [-0.3, -0.25) is 0 Å². The first-order chi connectivity index (χ1) is 6.29. The van der Waals surface area contributed by atoms with Crippen LogP contribution in [0.2, 0.25) is 0 Å². The van der Waals surface area contributed by atoms with Crippen molar-refractivity contribution >= 4 is 0 Å². The number of hydrogen-bond acceptors (Lipinski definition) is 3. The maximum Gasteiger partial charge on any atom is 0.107 e. The summed E-state index contributed by atoms with van der Waals surface area (Å²) < 4.78 is 0. The molecule has 1 aromatic carbocycles. The summed E-state index contributed by atoms with van der Waals surface area (Å²) >= 11 is 0. The molecule has 0 aliphatic rings. The van der Waals surface area contributed by atoms with Gasteiger partial charge in [0.15, 0.2) is 0 Å². The Morgan fingerprint density at radius 1 is 1.08 bits per heavy atom.